The first kappa shape index (κ1) is 17.0. The first-order valence-electron chi connectivity index (χ1n) is 7.96. The second kappa shape index (κ2) is 6.69. The van der Waals surface area contributed by atoms with Crippen LogP contribution in [0.2, 0.25) is 0 Å². The summed E-state index contributed by atoms with van der Waals surface area (Å²) in [6, 6.07) is 15.3. The molecule has 2 N–H and O–H groups in total. The monoisotopic (exact) mass is 383 g/mol. The molecule has 0 unspecified atom stereocenters. The number of H-pyrrole nitrogens is 1. The Kier molecular flexibility index (Phi) is 4.21. The van der Waals surface area contributed by atoms with Crippen LogP contribution in [-0.4, -0.2) is 28.3 Å². The summed E-state index contributed by atoms with van der Waals surface area (Å²) in [5, 5.41) is 4.30. The standard InChI is InChI=1S/C18H14FN5O2S/c19-14-8-6-13(7-9-14)17-12-16(18-20-10-11-21-18)22-24(17)23-27(25,26)15-4-2-1-3-5-15/h1-12,23H,(H,20,21). The fourth-order valence-electron chi connectivity index (χ4n) is 2.56. The van der Waals surface area contributed by atoms with Crippen LogP contribution in [0.15, 0.2) is 78.0 Å². The van der Waals surface area contributed by atoms with Gasteiger partial charge in [-0.15, -0.1) is 5.10 Å². The molecule has 0 atom stereocenters. The van der Waals surface area contributed by atoms with Crippen molar-refractivity contribution in [1.29, 1.82) is 0 Å². The number of aromatic amines is 1. The maximum atomic E-state index is 13.3. The highest BCUT2D eigenvalue weighted by atomic mass is 32.2. The van der Waals surface area contributed by atoms with E-state index >= 15 is 0 Å². The molecule has 2 heterocycles. The number of imidazole rings is 1. The van der Waals surface area contributed by atoms with Gasteiger partial charge in [0.25, 0.3) is 10.0 Å². The average molecular weight is 383 g/mol. The number of hydrogen-bond donors (Lipinski definition) is 2. The molecule has 0 aliphatic heterocycles. The van der Waals surface area contributed by atoms with Crippen molar-refractivity contribution in [3.05, 3.63) is 78.9 Å². The SMILES string of the molecule is O=S(=O)(Nn1nc(-c2ncc[nH]2)cc1-c1ccc(F)cc1)c1ccccc1. The molecule has 4 rings (SSSR count). The minimum atomic E-state index is -3.86. The van der Waals surface area contributed by atoms with Gasteiger partial charge in [0.15, 0.2) is 5.82 Å². The van der Waals surface area contributed by atoms with Gasteiger partial charge in [-0.1, -0.05) is 18.2 Å². The predicted molar refractivity (Wildman–Crippen MR) is 98.2 cm³/mol. The van der Waals surface area contributed by atoms with Gasteiger partial charge in [-0.3, -0.25) is 0 Å². The summed E-state index contributed by atoms with van der Waals surface area (Å²) in [7, 11) is -3.86. The lowest BCUT2D eigenvalue weighted by Crippen LogP contribution is -2.25. The van der Waals surface area contributed by atoms with E-state index in [-0.39, 0.29) is 10.7 Å². The molecule has 2 aromatic carbocycles. The van der Waals surface area contributed by atoms with Crippen LogP contribution in [0.25, 0.3) is 22.8 Å². The van der Waals surface area contributed by atoms with Crippen molar-refractivity contribution in [3.8, 4) is 22.8 Å². The quantitative estimate of drug-likeness (QED) is 0.554. The van der Waals surface area contributed by atoms with E-state index in [9.17, 15) is 12.8 Å². The zero-order valence-corrected chi connectivity index (χ0v) is 14.7. The highest BCUT2D eigenvalue weighted by molar-refractivity contribution is 7.92. The van der Waals surface area contributed by atoms with Gasteiger partial charge in [0.05, 0.1) is 10.6 Å². The van der Waals surface area contributed by atoms with Crippen molar-refractivity contribution in [2.75, 3.05) is 4.83 Å². The summed E-state index contributed by atoms with van der Waals surface area (Å²) in [4.78, 5) is 10.7. The van der Waals surface area contributed by atoms with Crippen LogP contribution in [0.4, 0.5) is 4.39 Å². The fraction of sp³-hybridized carbons (Fsp3) is 0. The molecule has 0 radical (unpaired) electrons. The first-order valence-corrected chi connectivity index (χ1v) is 9.45. The summed E-state index contributed by atoms with van der Waals surface area (Å²) in [5.74, 6) is 0.0944. The molecule has 0 fully saturated rings. The van der Waals surface area contributed by atoms with Crippen LogP contribution >= 0.6 is 0 Å². The smallest absolute Gasteiger partial charge is 0.276 e. The number of halogens is 1. The molecule has 0 aliphatic carbocycles. The van der Waals surface area contributed by atoms with E-state index in [1.165, 1.54) is 24.3 Å². The van der Waals surface area contributed by atoms with E-state index in [1.54, 1.807) is 48.8 Å². The molecule has 7 nitrogen and oxygen atoms in total. The lowest BCUT2D eigenvalue weighted by atomic mass is 10.1. The maximum Gasteiger partial charge on any atom is 0.276 e. The summed E-state index contributed by atoms with van der Waals surface area (Å²) in [6.45, 7) is 0. The van der Waals surface area contributed by atoms with E-state index in [4.69, 9.17) is 0 Å². The second-order valence-corrected chi connectivity index (χ2v) is 7.34. The van der Waals surface area contributed by atoms with Crippen molar-refractivity contribution in [1.82, 2.24) is 19.9 Å². The molecular weight excluding hydrogens is 369 g/mol. The highest BCUT2D eigenvalue weighted by Crippen LogP contribution is 2.25. The Morgan fingerprint density at radius 3 is 2.44 bits per heavy atom. The van der Waals surface area contributed by atoms with Crippen molar-refractivity contribution in [2.45, 2.75) is 4.90 Å². The Morgan fingerprint density at radius 2 is 1.78 bits per heavy atom. The Labute approximate surface area is 154 Å². The van der Waals surface area contributed by atoms with Crippen LogP contribution in [0.1, 0.15) is 0 Å². The number of rotatable bonds is 5. The van der Waals surface area contributed by atoms with Crippen LogP contribution in [-0.2, 0) is 10.0 Å². The number of hydrogen-bond acceptors (Lipinski definition) is 4. The molecule has 9 heteroatoms. The Balaban J connectivity index is 1.80. The van der Waals surface area contributed by atoms with Gasteiger partial charge >= 0.3 is 0 Å². The van der Waals surface area contributed by atoms with Crippen LogP contribution < -0.4 is 4.83 Å². The number of nitrogens with zero attached hydrogens (tertiary/aromatic N) is 3. The van der Waals surface area contributed by atoms with Gasteiger partial charge in [0, 0.05) is 18.0 Å². The van der Waals surface area contributed by atoms with Crippen LogP contribution in [0.5, 0.6) is 0 Å². The van der Waals surface area contributed by atoms with Gasteiger partial charge in [0.1, 0.15) is 11.5 Å². The number of nitrogens with one attached hydrogen (secondary N) is 2. The number of sulfonamides is 1. The Bertz CT molecular complexity index is 1150. The molecule has 136 valence electrons. The van der Waals surface area contributed by atoms with Crippen molar-refractivity contribution < 1.29 is 12.8 Å². The first-order chi connectivity index (χ1) is 13.0. The van der Waals surface area contributed by atoms with Gasteiger partial charge in [-0.25, -0.2) is 9.37 Å². The van der Waals surface area contributed by atoms with E-state index in [1.807, 2.05) is 0 Å². The molecule has 0 spiro atoms. The zero-order chi connectivity index (χ0) is 18.9. The summed E-state index contributed by atoms with van der Waals surface area (Å²) < 4.78 is 38.6. The van der Waals surface area contributed by atoms with Gasteiger partial charge in [-0.05, 0) is 42.5 Å². The molecule has 2 aromatic heterocycles. The number of aromatic nitrogens is 4. The summed E-state index contributed by atoms with van der Waals surface area (Å²) in [6.07, 6.45) is 3.21. The highest BCUT2D eigenvalue weighted by Gasteiger charge is 2.19. The number of benzene rings is 2. The molecule has 0 bridgehead atoms. The minimum Gasteiger partial charge on any atom is -0.343 e. The van der Waals surface area contributed by atoms with Gasteiger partial charge < -0.3 is 4.98 Å². The molecule has 0 aliphatic rings. The molecular formula is C18H14FN5O2S. The normalized spacial score (nSPS) is 11.4. The summed E-state index contributed by atoms with van der Waals surface area (Å²) in [5.41, 5.74) is 1.48. The maximum absolute atomic E-state index is 13.3. The molecule has 0 amide bonds. The molecule has 4 aromatic rings. The molecule has 27 heavy (non-hydrogen) atoms. The van der Waals surface area contributed by atoms with Crippen molar-refractivity contribution in [2.24, 2.45) is 0 Å². The van der Waals surface area contributed by atoms with E-state index in [0.29, 0.717) is 22.8 Å². The minimum absolute atomic E-state index is 0.102. The average Bonchev–Trinajstić information content (AvgIpc) is 3.33. The topological polar surface area (TPSA) is 92.7 Å². The predicted octanol–water partition coefficient (Wildman–Crippen LogP) is 3.01. The van der Waals surface area contributed by atoms with Crippen molar-refractivity contribution in [3.63, 3.8) is 0 Å². The largest absolute Gasteiger partial charge is 0.343 e. The Hall–Kier alpha value is -3.46. The zero-order valence-electron chi connectivity index (χ0n) is 13.9. The van der Waals surface area contributed by atoms with E-state index in [0.717, 1.165) is 4.79 Å². The van der Waals surface area contributed by atoms with Gasteiger partial charge in [0.2, 0.25) is 0 Å². The fourth-order valence-corrected chi connectivity index (χ4v) is 3.55. The lowest BCUT2D eigenvalue weighted by molar-refractivity contribution is 0.592. The molecule has 0 saturated carbocycles. The van der Waals surface area contributed by atoms with E-state index in [2.05, 4.69) is 19.9 Å². The lowest BCUT2D eigenvalue weighted by Gasteiger charge is -2.11. The third-order valence-electron chi connectivity index (χ3n) is 3.85. The summed E-state index contributed by atoms with van der Waals surface area (Å²) >= 11 is 0. The van der Waals surface area contributed by atoms with Crippen LogP contribution in [0, 0.1) is 5.82 Å². The molecule has 0 saturated heterocycles. The third kappa shape index (κ3) is 3.44. The second-order valence-electron chi connectivity index (χ2n) is 5.68. The van der Waals surface area contributed by atoms with Gasteiger partial charge in [-0.2, -0.15) is 18.0 Å². The van der Waals surface area contributed by atoms with Crippen LogP contribution in [0.3, 0.4) is 0 Å². The van der Waals surface area contributed by atoms with Crippen molar-refractivity contribution >= 4 is 10.0 Å². The van der Waals surface area contributed by atoms with E-state index < -0.39 is 10.0 Å². The Morgan fingerprint density at radius 1 is 1.04 bits per heavy atom. The third-order valence-corrected chi connectivity index (χ3v) is 5.16.